The maximum atomic E-state index is 12.3. The van der Waals surface area contributed by atoms with Gasteiger partial charge in [-0.25, -0.2) is 13.1 Å². The number of carbonyl (C=O) groups is 1. The zero-order chi connectivity index (χ0) is 16.9. The average molecular weight is 338 g/mol. The molecule has 1 fully saturated rings. The maximum absolute atomic E-state index is 12.3. The molecule has 0 saturated heterocycles. The van der Waals surface area contributed by atoms with E-state index in [1.54, 1.807) is 12.1 Å². The van der Waals surface area contributed by atoms with Gasteiger partial charge in [0.1, 0.15) is 0 Å². The van der Waals surface area contributed by atoms with Crippen LogP contribution in [0.25, 0.3) is 0 Å². The number of hydrogen-bond acceptors (Lipinski definition) is 3. The van der Waals surface area contributed by atoms with Crippen LogP contribution >= 0.6 is 0 Å². The van der Waals surface area contributed by atoms with Crippen molar-refractivity contribution in [3.63, 3.8) is 0 Å². The summed E-state index contributed by atoms with van der Waals surface area (Å²) in [5.74, 6) is -0.197. The lowest BCUT2D eigenvalue weighted by Gasteiger charge is -2.22. The third-order valence-electron chi connectivity index (χ3n) is 4.32. The second-order valence-electron chi connectivity index (χ2n) is 6.27. The zero-order valence-electron chi connectivity index (χ0n) is 13.8. The van der Waals surface area contributed by atoms with Gasteiger partial charge in [0.25, 0.3) is 5.91 Å². The molecule has 0 spiro atoms. The Labute approximate surface area is 138 Å². The number of carbonyl (C=O) groups excluding carboxylic acids is 1. The van der Waals surface area contributed by atoms with Gasteiger partial charge in [0, 0.05) is 17.6 Å². The Kier molecular flexibility index (Phi) is 6.18. The summed E-state index contributed by atoms with van der Waals surface area (Å²) in [6.45, 7) is 3.73. The first-order chi connectivity index (χ1) is 10.9. The van der Waals surface area contributed by atoms with Crippen LogP contribution in [0.3, 0.4) is 0 Å². The third kappa shape index (κ3) is 5.04. The van der Waals surface area contributed by atoms with E-state index in [0.29, 0.717) is 12.0 Å². The van der Waals surface area contributed by atoms with Crippen LogP contribution in [0.2, 0.25) is 0 Å². The van der Waals surface area contributed by atoms with Crippen LogP contribution in [0.1, 0.15) is 62.7 Å². The van der Waals surface area contributed by atoms with E-state index in [1.807, 2.05) is 13.8 Å². The van der Waals surface area contributed by atoms with Crippen LogP contribution in [-0.2, 0) is 10.0 Å². The largest absolute Gasteiger partial charge is 0.349 e. The lowest BCUT2D eigenvalue weighted by molar-refractivity contribution is 0.0927. The Morgan fingerprint density at radius 1 is 1.26 bits per heavy atom. The van der Waals surface area contributed by atoms with Gasteiger partial charge < -0.3 is 5.32 Å². The first-order valence-corrected chi connectivity index (χ1v) is 9.84. The molecule has 1 atom stereocenters. The molecule has 0 bridgehead atoms. The number of rotatable bonds is 6. The van der Waals surface area contributed by atoms with Gasteiger partial charge in [0.15, 0.2) is 0 Å². The van der Waals surface area contributed by atoms with Gasteiger partial charge in [-0.15, -0.1) is 0 Å². The molecule has 23 heavy (non-hydrogen) atoms. The van der Waals surface area contributed by atoms with Crippen molar-refractivity contribution < 1.29 is 13.2 Å². The summed E-state index contributed by atoms with van der Waals surface area (Å²) in [4.78, 5) is 12.5. The summed E-state index contributed by atoms with van der Waals surface area (Å²) in [6, 6.07) is 6.29. The fraction of sp³-hybridized carbons (Fsp3) is 0.588. The van der Waals surface area contributed by atoms with E-state index in [2.05, 4.69) is 10.0 Å². The Hall–Kier alpha value is -1.40. The summed E-state index contributed by atoms with van der Waals surface area (Å²) in [5, 5.41) is 3.01. The van der Waals surface area contributed by atoms with Gasteiger partial charge in [-0.3, -0.25) is 4.79 Å². The number of amides is 1. The summed E-state index contributed by atoms with van der Waals surface area (Å²) in [7, 11) is -3.59. The standard InChI is InChI=1S/C17H26N2O3S/c1-3-13(2)19-23(21,22)16-11-7-8-14(12-16)17(20)18-15-9-5-4-6-10-15/h7-8,11-13,15,19H,3-6,9-10H2,1-2H3,(H,18,20). The average Bonchev–Trinajstić information content (AvgIpc) is 2.55. The van der Waals surface area contributed by atoms with Crippen LogP contribution in [0.15, 0.2) is 29.2 Å². The molecule has 0 aliphatic heterocycles. The number of nitrogens with one attached hydrogen (secondary N) is 2. The Morgan fingerprint density at radius 2 is 1.96 bits per heavy atom. The van der Waals surface area contributed by atoms with Crippen LogP contribution in [0.4, 0.5) is 0 Å². The molecule has 1 saturated carbocycles. The minimum Gasteiger partial charge on any atom is -0.349 e. The van der Waals surface area contributed by atoms with E-state index in [4.69, 9.17) is 0 Å². The monoisotopic (exact) mass is 338 g/mol. The molecule has 2 N–H and O–H groups in total. The van der Waals surface area contributed by atoms with Crippen LogP contribution in [0, 0.1) is 0 Å². The number of sulfonamides is 1. The molecule has 1 aliphatic rings. The van der Waals surface area contributed by atoms with Crippen molar-refractivity contribution in [2.45, 2.75) is 69.4 Å². The molecule has 5 nitrogen and oxygen atoms in total. The van der Waals surface area contributed by atoms with Crippen molar-refractivity contribution in [3.05, 3.63) is 29.8 Å². The highest BCUT2D eigenvalue weighted by atomic mass is 32.2. The molecule has 0 radical (unpaired) electrons. The van der Waals surface area contributed by atoms with Crippen molar-refractivity contribution >= 4 is 15.9 Å². The Bertz CT molecular complexity index is 637. The van der Waals surface area contributed by atoms with Crippen molar-refractivity contribution in [1.29, 1.82) is 0 Å². The first-order valence-electron chi connectivity index (χ1n) is 8.35. The molecular weight excluding hydrogens is 312 g/mol. The summed E-state index contributed by atoms with van der Waals surface area (Å²) >= 11 is 0. The minimum atomic E-state index is -3.59. The summed E-state index contributed by atoms with van der Waals surface area (Å²) < 4.78 is 27.3. The summed E-state index contributed by atoms with van der Waals surface area (Å²) in [5.41, 5.74) is 0.391. The first kappa shape index (κ1) is 17.9. The molecular formula is C17H26N2O3S. The fourth-order valence-corrected chi connectivity index (χ4v) is 4.11. The summed E-state index contributed by atoms with van der Waals surface area (Å²) in [6.07, 6.45) is 6.21. The van der Waals surface area contributed by atoms with E-state index in [0.717, 1.165) is 25.7 Å². The molecule has 0 heterocycles. The van der Waals surface area contributed by atoms with E-state index in [-0.39, 0.29) is 22.9 Å². The maximum Gasteiger partial charge on any atom is 0.251 e. The quantitative estimate of drug-likeness (QED) is 0.837. The van der Waals surface area contributed by atoms with Crippen molar-refractivity contribution in [2.24, 2.45) is 0 Å². The second kappa shape index (κ2) is 7.93. The second-order valence-corrected chi connectivity index (χ2v) is 7.98. The molecule has 1 unspecified atom stereocenters. The number of hydrogen-bond donors (Lipinski definition) is 2. The van der Waals surface area contributed by atoms with Crippen LogP contribution in [-0.4, -0.2) is 26.4 Å². The van der Waals surface area contributed by atoms with E-state index < -0.39 is 10.0 Å². The molecule has 1 aliphatic carbocycles. The lowest BCUT2D eigenvalue weighted by Crippen LogP contribution is -2.36. The minimum absolute atomic E-state index is 0.133. The molecule has 1 aromatic carbocycles. The number of benzene rings is 1. The van der Waals surface area contributed by atoms with Crippen molar-refractivity contribution in [2.75, 3.05) is 0 Å². The highest BCUT2D eigenvalue weighted by Crippen LogP contribution is 2.18. The molecule has 6 heteroatoms. The third-order valence-corrected chi connectivity index (χ3v) is 5.90. The predicted molar refractivity (Wildman–Crippen MR) is 90.9 cm³/mol. The van der Waals surface area contributed by atoms with E-state index >= 15 is 0 Å². The van der Waals surface area contributed by atoms with Gasteiger partial charge in [-0.05, 0) is 44.4 Å². The molecule has 128 valence electrons. The lowest BCUT2D eigenvalue weighted by atomic mass is 9.95. The fourth-order valence-electron chi connectivity index (χ4n) is 2.74. The van der Waals surface area contributed by atoms with Crippen molar-refractivity contribution in [3.8, 4) is 0 Å². The van der Waals surface area contributed by atoms with Gasteiger partial charge in [-0.1, -0.05) is 32.3 Å². The Morgan fingerprint density at radius 3 is 2.61 bits per heavy atom. The van der Waals surface area contributed by atoms with Gasteiger partial charge >= 0.3 is 0 Å². The van der Waals surface area contributed by atoms with Crippen LogP contribution < -0.4 is 10.0 Å². The van der Waals surface area contributed by atoms with Gasteiger partial charge in [-0.2, -0.15) is 0 Å². The predicted octanol–water partition coefficient (Wildman–Crippen LogP) is 2.83. The molecule has 1 amide bonds. The van der Waals surface area contributed by atoms with Gasteiger partial charge in [0.2, 0.25) is 10.0 Å². The topological polar surface area (TPSA) is 75.3 Å². The van der Waals surface area contributed by atoms with E-state index in [1.165, 1.54) is 18.6 Å². The normalized spacial score (nSPS) is 17.7. The molecule has 0 aromatic heterocycles. The SMILES string of the molecule is CCC(C)NS(=O)(=O)c1cccc(C(=O)NC2CCCCC2)c1. The van der Waals surface area contributed by atoms with Crippen molar-refractivity contribution in [1.82, 2.24) is 10.0 Å². The highest BCUT2D eigenvalue weighted by Gasteiger charge is 2.20. The van der Waals surface area contributed by atoms with Gasteiger partial charge in [0.05, 0.1) is 4.90 Å². The molecule has 1 aromatic rings. The highest BCUT2D eigenvalue weighted by molar-refractivity contribution is 7.89. The Balaban J connectivity index is 2.10. The molecule has 2 rings (SSSR count). The van der Waals surface area contributed by atoms with E-state index in [9.17, 15) is 13.2 Å². The van der Waals surface area contributed by atoms with Crippen LogP contribution in [0.5, 0.6) is 0 Å². The smallest absolute Gasteiger partial charge is 0.251 e. The zero-order valence-corrected chi connectivity index (χ0v) is 14.7.